The maximum Gasteiger partial charge on any atom is 0.123 e. The highest BCUT2D eigenvalue weighted by Gasteiger charge is 2.19. The van der Waals surface area contributed by atoms with E-state index >= 15 is 0 Å². The highest BCUT2D eigenvalue weighted by atomic mass is 19.1. The molecule has 94 valence electrons. The Kier molecular flexibility index (Phi) is 3.97. The van der Waals surface area contributed by atoms with Gasteiger partial charge in [0.1, 0.15) is 5.82 Å². The van der Waals surface area contributed by atoms with Crippen LogP contribution in [0.4, 0.5) is 10.1 Å². The second-order valence-electron chi connectivity index (χ2n) is 4.48. The maximum atomic E-state index is 13.1. The zero-order chi connectivity index (χ0) is 12.3. The minimum Gasteiger partial charge on any atom is -0.398 e. The fourth-order valence-electron chi connectivity index (χ4n) is 2.12. The average molecular weight is 238 g/mol. The Morgan fingerprint density at radius 3 is 3.12 bits per heavy atom. The molecule has 0 bridgehead atoms. The maximum absolute atomic E-state index is 13.1. The van der Waals surface area contributed by atoms with E-state index < -0.39 is 0 Å². The van der Waals surface area contributed by atoms with Gasteiger partial charge in [0, 0.05) is 25.3 Å². The highest BCUT2D eigenvalue weighted by molar-refractivity contribution is 5.46. The van der Waals surface area contributed by atoms with Gasteiger partial charge in [-0.1, -0.05) is 6.92 Å². The topological polar surface area (TPSA) is 38.5 Å². The van der Waals surface area contributed by atoms with Crippen LogP contribution in [0, 0.1) is 5.82 Å². The molecular formula is C13H19FN2O. The van der Waals surface area contributed by atoms with E-state index in [9.17, 15) is 4.39 Å². The molecule has 1 aliphatic rings. The molecule has 1 unspecified atom stereocenters. The number of benzene rings is 1. The van der Waals surface area contributed by atoms with Gasteiger partial charge in [-0.3, -0.25) is 4.90 Å². The lowest BCUT2D eigenvalue weighted by molar-refractivity contribution is -0.0324. The first-order valence-corrected chi connectivity index (χ1v) is 6.07. The normalized spacial score (nSPS) is 21.6. The van der Waals surface area contributed by atoms with Crippen LogP contribution in [0.15, 0.2) is 18.2 Å². The molecule has 1 aromatic carbocycles. The van der Waals surface area contributed by atoms with Gasteiger partial charge < -0.3 is 10.5 Å². The monoisotopic (exact) mass is 238 g/mol. The highest BCUT2D eigenvalue weighted by Crippen LogP contribution is 2.18. The number of halogens is 1. The van der Waals surface area contributed by atoms with Crippen molar-refractivity contribution in [2.75, 3.05) is 25.4 Å². The van der Waals surface area contributed by atoms with Crippen LogP contribution < -0.4 is 5.73 Å². The second kappa shape index (κ2) is 5.47. The predicted molar refractivity (Wildman–Crippen MR) is 66.1 cm³/mol. The van der Waals surface area contributed by atoms with Crippen LogP contribution in [-0.4, -0.2) is 30.7 Å². The van der Waals surface area contributed by atoms with Crippen molar-refractivity contribution < 1.29 is 9.13 Å². The fraction of sp³-hybridized carbons (Fsp3) is 0.538. The van der Waals surface area contributed by atoms with Crippen LogP contribution in [-0.2, 0) is 11.3 Å². The van der Waals surface area contributed by atoms with Gasteiger partial charge in [0.25, 0.3) is 0 Å². The van der Waals surface area contributed by atoms with Gasteiger partial charge in [-0.15, -0.1) is 0 Å². The van der Waals surface area contributed by atoms with Crippen molar-refractivity contribution in [3.05, 3.63) is 29.6 Å². The van der Waals surface area contributed by atoms with Crippen LogP contribution in [0.2, 0.25) is 0 Å². The lowest BCUT2D eigenvalue weighted by Gasteiger charge is -2.32. The van der Waals surface area contributed by atoms with E-state index in [4.69, 9.17) is 10.5 Å². The minimum atomic E-state index is -0.227. The zero-order valence-corrected chi connectivity index (χ0v) is 10.2. The number of rotatable bonds is 3. The summed E-state index contributed by atoms with van der Waals surface area (Å²) in [5.74, 6) is -0.227. The summed E-state index contributed by atoms with van der Waals surface area (Å²) in [6.45, 7) is 5.33. The van der Waals surface area contributed by atoms with Crippen molar-refractivity contribution in [2.45, 2.75) is 26.0 Å². The molecule has 17 heavy (non-hydrogen) atoms. The third-order valence-corrected chi connectivity index (χ3v) is 3.18. The molecular weight excluding hydrogens is 219 g/mol. The lowest BCUT2D eigenvalue weighted by atomic mass is 10.1. The summed E-state index contributed by atoms with van der Waals surface area (Å²) >= 11 is 0. The SMILES string of the molecule is CCC1CN(Cc2cc(F)ccc2N)CCO1. The number of ether oxygens (including phenoxy) is 1. The van der Waals surface area contributed by atoms with Crippen molar-refractivity contribution in [3.63, 3.8) is 0 Å². The van der Waals surface area contributed by atoms with Gasteiger partial charge in [0.2, 0.25) is 0 Å². The standard InChI is InChI=1S/C13H19FN2O/c1-2-12-9-16(5-6-17-12)8-10-7-11(14)3-4-13(10)15/h3-4,7,12H,2,5-6,8-9,15H2,1H3. The summed E-state index contributed by atoms with van der Waals surface area (Å²) in [7, 11) is 0. The number of anilines is 1. The average Bonchev–Trinajstić information content (AvgIpc) is 2.34. The summed E-state index contributed by atoms with van der Waals surface area (Å²) in [6, 6.07) is 4.54. The molecule has 4 heteroatoms. The summed E-state index contributed by atoms with van der Waals surface area (Å²) < 4.78 is 18.7. The quantitative estimate of drug-likeness (QED) is 0.819. The molecule has 1 fully saturated rings. The zero-order valence-electron chi connectivity index (χ0n) is 10.2. The van der Waals surface area contributed by atoms with Gasteiger partial charge >= 0.3 is 0 Å². The number of hydrogen-bond acceptors (Lipinski definition) is 3. The number of hydrogen-bond donors (Lipinski definition) is 1. The molecule has 2 N–H and O–H groups in total. The van der Waals surface area contributed by atoms with E-state index in [0.29, 0.717) is 18.3 Å². The Balaban J connectivity index is 2.02. The summed E-state index contributed by atoms with van der Waals surface area (Å²) in [4.78, 5) is 2.27. The van der Waals surface area contributed by atoms with Crippen molar-refractivity contribution in [2.24, 2.45) is 0 Å². The van der Waals surface area contributed by atoms with Crippen molar-refractivity contribution in [1.29, 1.82) is 0 Å². The summed E-state index contributed by atoms with van der Waals surface area (Å²) in [5.41, 5.74) is 7.37. The predicted octanol–water partition coefficient (Wildman–Crippen LogP) is 2.02. The summed E-state index contributed by atoms with van der Waals surface area (Å²) in [6.07, 6.45) is 1.30. The summed E-state index contributed by atoms with van der Waals surface area (Å²) in [5, 5.41) is 0. The van der Waals surface area contributed by atoms with Crippen LogP contribution in [0.5, 0.6) is 0 Å². The molecule has 1 aliphatic heterocycles. The third kappa shape index (κ3) is 3.17. The Labute approximate surface area is 101 Å². The van der Waals surface area contributed by atoms with Crippen LogP contribution >= 0.6 is 0 Å². The Morgan fingerprint density at radius 1 is 1.53 bits per heavy atom. The van der Waals surface area contributed by atoms with E-state index in [1.165, 1.54) is 12.1 Å². The molecule has 3 nitrogen and oxygen atoms in total. The van der Waals surface area contributed by atoms with Gasteiger partial charge in [0.05, 0.1) is 12.7 Å². The first-order valence-electron chi connectivity index (χ1n) is 6.07. The minimum absolute atomic E-state index is 0.227. The van der Waals surface area contributed by atoms with Crippen LogP contribution in [0.3, 0.4) is 0 Å². The van der Waals surface area contributed by atoms with E-state index in [2.05, 4.69) is 11.8 Å². The number of nitrogen functional groups attached to an aromatic ring is 1. The van der Waals surface area contributed by atoms with Gasteiger partial charge in [-0.05, 0) is 30.2 Å². The molecule has 0 radical (unpaired) electrons. The van der Waals surface area contributed by atoms with Gasteiger partial charge in [-0.2, -0.15) is 0 Å². The fourth-order valence-corrected chi connectivity index (χ4v) is 2.12. The molecule has 1 aromatic rings. The lowest BCUT2D eigenvalue weighted by Crippen LogP contribution is -2.41. The van der Waals surface area contributed by atoms with Crippen molar-refractivity contribution >= 4 is 5.69 Å². The molecule has 1 atom stereocenters. The van der Waals surface area contributed by atoms with Crippen LogP contribution in [0.1, 0.15) is 18.9 Å². The van der Waals surface area contributed by atoms with Crippen LogP contribution in [0.25, 0.3) is 0 Å². The molecule has 0 amide bonds. The molecule has 2 rings (SSSR count). The first kappa shape index (κ1) is 12.3. The Bertz CT molecular complexity index is 384. The van der Waals surface area contributed by atoms with Gasteiger partial charge in [-0.25, -0.2) is 4.39 Å². The Morgan fingerprint density at radius 2 is 2.35 bits per heavy atom. The molecule has 1 heterocycles. The molecule has 0 aliphatic carbocycles. The number of nitrogens with zero attached hydrogens (tertiary/aromatic N) is 1. The van der Waals surface area contributed by atoms with Crippen molar-refractivity contribution in [3.8, 4) is 0 Å². The first-order chi connectivity index (χ1) is 8.19. The second-order valence-corrected chi connectivity index (χ2v) is 4.48. The third-order valence-electron chi connectivity index (χ3n) is 3.18. The van der Waals surface area contributed by atoms with Gasteiger partial charge in [0.15, 0.2) is 0 Å². The van der Waals surface area contributed by atoms with E-state index in [-0.39, 0.29) is 5.82 Å². The largest absolute Gasteiger partial charge is 0.398 e. The smallest absolute Gasteiger partial charge is 0.123 e. The van der Waals surface area contributed by atoms with Crippen molar-refractivity contribution in [1.82, 2.24) is 4.90 Å². The van der Waals surface area contributed by atoms with E-state index in [1.807, 2.05) is 0 Å². The molecule has 0 aromatic heterocycles. The van der Waals surface area contributed by atoms with E-state index in [1.54, 1.807) is 6.07 Å². The molecule has 0 spiro atoms. The Hall–Kier alpha value is -1.13. The van der Waals surface area contributed by atoms with E-state index in [0.717, 1.165) is 31.7 Å². The number of nitrogens with two attached hydrogens (primary N) is 1. The molecule has 0 saturated carbocycles. The number of morpholine rings is 1. The molecule has 1 saturated heterocycles.